The number of nitrogens with zero attached hydrogens (tertiary/aromatic N) is 3. The predicted molar refractivity (Wildman–Crippen MR) is 86.0 cm³/mol. The van der Waals surface area contributed by atoms with E-state index in [0.29, 0.717) is 23.3 Å². The number of piperidine rings is 1. The van der Waals surface area contributed by atoms with Crippen LogP contribution in [0.3, 0.4) is 0 Å². The first-order valence-corrected chi connectivity index (χ1v) is 9.38. The van der Waals surface area contributed by atoms with Gasteiger partial charge in [-0.15, -0.1) is 11.3 Å². The van der Waals surface area contributed by atoms with Gasteiger partial charge in [-0.3, -0.25) is 4.99 Å². The summed E-state index contributed by atoms with van der Waals surface area (Å²) in [6.45, 7) is 2.59. The molecule has 1 aliphatic heterocycles. The fourth-order valence-electron chi connectivity index (χ4n) is 2.21. The molecular weight excluding hydrogens is 308 g/mol. The zero-order chi connectivity index (χ0) is 15.3. The molecule has 21 heavy (non-hydrogen) atoms. The number of likely N-dealkylation sites (N-methyl/N-ethyl adjacent to an activating group) is 1. The summed E-state index contributed by atoms with van der Waals surface area (Å²) in [6.07, 6.45) is 3.53. The summed E-state index contributed by atoms with van der Waals surface area (Å²) < 4.78 is 26.1. The van der Waals surface area contributed by atoms with Gasteiger partial charge in [-0.05, 0) is 30.7 Å². The van der Waals surface area contributed by atoms with E-state index in [9.17, 15) is 8.42 Å². The van der Waals surface area contributed by atoms with Gasteiger partial charge in [0.15, 0.2) is 5.96 Å². The minimum Gasteiger partial charge on any atom is -0.370 e. The van der Waals surface area contributed by atoms with Gasteiger partial charge in [0.2, 0.25) is 0 Å². The Kier molecular flexibility index (Phi) is 5.60. The number of rotatable bonds is 5. The molecule has 0 aliphatic carbocycles. The summed E-state index contributed by atoms with van der Waals surface area (Å²) in [5.41, 5.74) is 5.95. The van der Waals surface area contributed by atoms with Crippen molar-refractivity contribution in [2.24, 2.45) is 10.7 Å². The number of hydrogen-bond donors (Lipinski definition) is 1. The lowest BCUT2D eigenvalue weighted by atomic mass is 10.1. The number of hydrogen-bond acceptors (Lipinski definition) is 4. The van der Waals surface area contributed by atoms with Crippen LogP contribution in [0.2, 0.25) is 0 Å². The molecule has 1 fully saturated rings. The second-order valence-corrected chi connectivity index (χ2v) is 8.27. The van der Waals surface area contributed by atoms with E-state index in [1.165, 1.54) is 22.1 Å². The fourth-order valence-corrected chi connectivity index (χ4v) is 4.58. The van der Waals surface area contributed by atoms with E-state index in [1.807, 2.05) is 0 Å². The number of guanidine groups is 1. The van der Waals surface area contributed by atoms with E-state index >= 15 is 0 Å². The van der Waals surface area contributed by atoms with E-state index in [0.717, 1.165) is 25.9 Å². The minimum atomic E-state index is -3.39. The number of likely N-dealkylation sites (tertiary alicyclic amines) is 1. The molecule has 0 unspecified atom stereocenters. The maximum absolute atomic E-state index is 12.2. The number of aliphatic imine (C=N–C) groups is 1. The van der Waals surface area contributed by atoms with Crippen molar-refractivity contribution >= 4 is 27.3 Å². The van der Waals surface area contributed by atoms with Crippen molar-refractivity contribution in [3.8, 4) is 0 Å². The fraction of sp³-hybridized carbons (Fsp3) is 0.615. The van der Waals surface area contributed by atoms with Crippen LogP contribution in [0.1, 0.15) is 19.3 Å². The van der Waals surface area contributed by atoms with Gasteiger partial charge in [0, 0.05) is 26.7 Å². The number of sulfonamides is 1. The average molecular weight is 330 g/mol. The minimum absolute atomic E-state index is 0.328. The normalized spacial score (nSPS) is 17.4. The monoisotopic (exact) mass is 330 g/mol. The topological polar surface area (TPSA) is 79.0 Å². The molecule has 0 bridgehead atoms. The van der Waals surface area contributed by atoms with E-state index in [-0.39, 0.29) is 0 Å². The van der Waals surface area contributed by atoms with Crippen molar-refractivity contribution in [3.63, 3.8) is 0 Å². The van der Waals surface area contributed by atoms with Crippen LogP contribution in [0.5, 0.6) is 0 Å². The van der Waals surface area contributed by atoms with Gasteiger partial charge in [-0.1, -0.05) is 6.07 Å². The zero-order valence-corrected chi connectivity index (χ0v) is 13.9. The van der Waals surface area contributed by atoms with Crippen LogP contribution in [-0.2, 0) is 10.0 Å². The predicted octanol–water partition coefficient (Wildman–Crippen LogP) is 1.17. The summed E-state index contributed by atoms with van der Waals surface area (Å²) in [6, 6.07) is 3.35. The standard InChI is InChI=1S/C13H22N4O2S2/c1-16(21(18,19)12-6-5-11-20-12)10-7-15-13(14)17-8-3-2-4-9-17/h5-6,11H,2-4,7-10H2,1H3,(H2,14,15). The molecule has 1 saturated heterocycles. The Morgan fingerprint density at radius 1 is 1.43 bits per heavy atom. The summed E-state index contributed by atoms with van der Waals surface area (Å²) in [7, 11) is -1.82. The van der Waals surface area contributed by atoms with Crippen LogP contribution < -0.4 is 5.73 Å². The third kappa shape index (κ3) is 4.18. The van der Waals surface area contributed by atoms with Crippen LogP contribution >= 0.6 is 11.3 Å². The largest absolute Gasteiger partial charge is 0.370 e. The molecule has 2 N–H and O–H groups in total. The van der Waals surface area contributed by atoms with E-state index < -0.39 is 10.0 Å². The van der Waals surface area contributed by atoms with Gasteiger partial charge in [-0.2, -0.15) is 4.31 Å². The lowest BCUT2D eigenvalue weighted by Crippen LogP contribution is -2.41. The van der Waals surface area contributed by atoms with Gasteiger partial charge >= 0.3 is 0 Å². The van der Waals surface area contributed by atoms with Crippen LogP contribution in [0.15, 0.2) is 26.7 Å². The quantitative estimate of drug-likeness (QED) is 0.649. The Morgan fingerprint density at radius 2 is 2.14 bits per heavy atom. The molecule has 118 valence electrons. The zero-order valence-electron chi connectivity index (χ0n) is 12.2. The highest BCUT2D eigenvalue weighted by molar-refractivity contribution is 7.91. The van der Waals surface area contributed by atoms with Crippen LogP contribution in [0.25, 0.3) is 0 Å². The highest BCUT2D eigenvalue weighted by Crippen LogP contribution is 2.19. The summed E-state index contributed by atoms with van der Waals surface area (Å²) in [5, 5.41) is 1.76. The van der Waals surface area contributed by atoms with Crippen molar-refractivity contribution < 1.29 is 8.42 Å². The SMILES string of the molecule is CN(CCN=C(N)N1CCCCC1)S(=O)(=O)c1cccs1. The van der Waals surface area contributed by atoms with Crippen molar-refractivity contribution in [3.05, 3.63) is 17.5 Å². The maximum Gasteiger partial charge on any atom is 0.252 e. The molecule has 8 heteroatoms. The molecule has 1 aliphatic rings. The lowest BCUT2D eigenvalue weighted by molar-refractivity contribution is 0.337. The molecule has 1 aromatic heterocycles. The highest BCUT2D eigenvalue weighted by Gasteiger charge is 2.21. The third-order valence-electron chi connectivity index (χ3n) is 3.53. The van der Waals surface area contributed by atoms with Gasteiger partial charge in [0.05, 0.1) is 6.54 Å². The van der Waals surface area contributed by atoms with Gasteiger partial charge in [0.25, 0.3) is 10.0 Å². The summed E-state index contributed by atoms with van der Waals surface area (Å²) in [4.78, 5) is 6.37. The van der Waals surface area contributed by atoms with E-state index in [4.69, 9.17) is 5.73 Å². The Balaban J connectivity index is 1.87. The maximum atomic E-state index is 12.2. The molecule has 6 nitrogen and oxygen atoms in total. The molecular formula is C13H22N4O2S2. The second-order valence-electron chi connectivity index (χ2n) is 5.05. The van der Waals surface area contributed by atoms with Crippen molar-refractivity contribution in [2.45, 2.75) is 23.5 Å². The van der Waals surface area contributed by atoms with E-state index in [2.05, 4.69) is 9.89 Å². The first-order valence-electron chi connectivity index (χ1n) is 7.06. The Bertz CT molecular complexity index is 563. The van der Waals surface area contributed by atoms with Crippen LogP contribution in [-0.4, -0.2) is 56.8 Å². The Labute approximate surface area is 130 Å². The second kappa shape index (κ2) is 7.24. The highest BCUT2D eigenvalue weighted by atomic mass is 32.2. The Hall–Kier alpha value is -1.12. The molecule has 0 saturated carbocycles. The molecule has 2 heterocycles. The molecule has 2 rings (SSSR count). The van der Waals surface area contributed by atoms with E-state index in [1.54, 1.807) is 24.6 Å². The third-order valence-corrected chi connectivity index (χ3v) is 6.76. The molecule has 1 aromatic rings. The van der Waals surface area contributed by atoms with Crippen molar-refractivity contribution in [2.75, 3.05) is 33.2 Å². The summed E-state index contributed by atoms with van der Waals surface area (Å²) >= 11 is 1.22. The van der Waals surface area contributed by atoms with Crippen molar-refractivity contribution in [1.82, 2.24) is 9.21 Å². The van der Waals surface area contributed by atoms with Crippen LogP contribution in [0.4, 0.5) is 0 Å². The van der Waals surface area contributed by atoms with Crippen molar-refractivity contribution in [1.29, 1.82) is 0 Å². The first kappa shape index (κ1) is 16.3. The number of nitrogens with two attached hydrogens (primary N) is 1. The molecule has 0 radical (unpaired) electrons. The molecule has 0 atom stereocenters. The molecule has 0 spiro atoms. The van der Waals surface area contributed by atoms with Gasteiger partial charge < -0.3 is 10.6 Å². The first-order chi connectivity index (χ1) is 10.0. The van der Waals surface area contributed by atoms with Gasteiger partial charge in [0.1, 0.15) is 4.21 Å². The molecule has 0 amide bonds. The Morgan fingerprint density at radius 3 is 2.76 bits per heavy atom. The summed E-state index contributed by atoms with van der Waals surface area (Å²) in [5.74, 6) is 0.525. The average Bonchev–Trinajstić information content (AvgIpc) is 3.02. The van der Waals surface area contributed by atoms with Gasteiger partial charge in [-0.25, -0.2) is 8.42 Å². The van der Waals surface area contributed by atoms with Crippen LogP contribution in [0, 0.1) is 0 Å². The smallest absolute Gasteiger partial charge is 0.252 e. The lowest BCUT2D eigenvalue weighted by Gasteiger charge is -2.27. The number of thiophene rings is 1. The molecule has 0 aromatic carbocycles.